The summed E-state index contributed by atoms with van der Waals surface area (Å²) < 4.78 is 0. The summed E-state index contributed by atoms with van der Waals surface area (Å²) in [5.74, 6) is 0.284. The van der Waals surface area contributed by atoms with E-state index in [-0.39, 0.29) is 12.1 Å². The van der Waals surface area contributed by atoms with Gasteiger partial charge < -0.3 is 4.90 Å². The summed E-state index contributed by atoms with van der Waals surface area (Å²) in [6, 6.07) is 13.8. The number of aryl methyl sites for hydroxylation is 4. The molecular weight excluding hydrogens is 292 g/mol. The summed E-state index contributed by atoms with van der Waals surface area (Å²) in [6.45, 7) is 13.8. The third-order valence-corrected chi connectivity index (χ3v) is 4.95. The highest BCUT2D eigenvalue weighted by Crippen LogP contribution is 2.34. The number of rotatable bonds is 3. The first-order valence-electron chi connectivity index (χ1n) is 8.65. The molecule has 0 saturated carbocycles. The first-order chi connectivity index (χ1) is 11.3. The lowest BCUT2D eigenvalue weighted by Gasteiger charge is -2.32. The molecule has 2 nitrogen and oxygen atoms in total. The SMILES string of the molecule is C=C1CNC(C(c2cc(C)cc(C)c2)c2cc(C)cc(C)c2)N1C. The van der Waals surface area contributed by atoms with Crippen LogP contribution in [-0.4, -0.2) is 24.7 Å². The maximum absolute atomic E-state index is 4.19. The predicted molar refractivity (Wildman–Crippen MR) is 102 cm³/mol. The van der Waals surface area contributed by atoms with Crippen LogP contribution in [0.1, 0.15) is 39.3 Å². The molecule has 2 aromatic rings. The van der Waals surface area contributed by atoms with Crippen LogP contribution in [0.15, 0.2) is 48.7 Å². The fourth-order valence-electron chi connectivity index (χ4n) is 3.96. The molecule has 0 aromatic heterocycles. The Bertz CT molecular complexity index is 684. The minimum Gasteiger partial charge on any atom is -0.361 e. The van der Waals surface area contributed by atoms with Crippen molar-refractivity contribution in [2.45, 2.75) is 39.8 Å². The van der Waals surface area contributed by atoms with Gasteiger partial charge in [0, 0.05) is 25.2 Å². The van der Waals surface area contributed by atoms with E-state index >= 15 is 0 Å². The Morgan fingerprint density at radius 1 is 0.875 bits per heavy atom. The van der Waals surface area contributed by atoms with E-state index in [0.29, 0.717) is 0 Å². The maximum Gasteiger partial charge on any atom is 0.0903 e. The number of benzene rings is 2. The Balaban J connectivity index is 2.15. The zero-order chi connectivity index (χ0) is 17.4. The second-order valence-electron chi connectivity index (χ2n) is 7.32. The van der Waals surface area contributed by atoms with Crippen LogP contribution in [0.2, 0.25) is 0 Å². The van der Waals surface area contributed by atoms with Crippen molar-refractivity contribution in [2.24, 2.45) is 0 Å². The summed E-state index contributed by atoms with van der Waals surface area (Å²) in [4.78, 5) is 2.29. The smallest absolute Gasteiger partial charge is 0.0903 e. The van der Waals surface area contributed by atoms with Gasteiger partial charge in [-0.15, -0.1) is 0 Å². The molecular formula is C22H28N2. The average molecular weight is 320 g/mol. The lowest BCUT2D eigenvalue weighted by atomic mass is 9.85. The topological polar surface area (TPSA) is 15.3 Å². The normalized spacial score (nSPS) is 17.8. The zero-order valence-corrected chi connectivity index (χ0v) is 15.5. The van der Waals surface area contributed by atoms with Gasteiger partial charge in [-0.05, 0) is 38.8 Å². The van der Waals surface area contributed by atoms with Gasteiger partial charge in [0.15, 0.2) is 0 Å². The molecule has 1 aliphatic rings. The highest BCUT2D eigenvalue weighted by Gasteiger charge is 2.33. The number of hydrogen-bond acceptors (Lipinski definition) is 2. The minimum absolute atomic E-state index is 0.236. The molecule has 2 aromatic carbocycles. The molecule has 2 heteroatoms. The van der Waals surface area contributed by atoms with Gasteiger partial charge in [-0.1, -0.05) is 65.2 Å². The average Bonchev–Trinajstić information content (AvgIpc) is 2.78. The van der Waals surface area contributed by atoms with E-state index in [4.69, 9.17) is 0 Å². The van der Waals surface area contributed by atoms with Crippen molar-refractivity contribution < 1.29 is 0 Å². The van der Waals surface area contributed by atoms with E-state index in [2.05, 4.69) is 87.9 Å². The van der Waals surface area contributed by atoms with Gasteiger partial charge in [-0.25, -0.2) is 0 Å². The monoisotopic (exact) mass is 320 g/mol. The van der Waals surface area contributed by atoms with Crippen LogP contribution in [-0.2, 0) is 0 Å². The lowest BCUT2D eigenvalue weighted by Crippen LogP contribution is -2.39. The molecule has 3 rings (SSSR count). The zero-order valence-electron chi connectivity index (χ0n) is 15.5. The number of hydrogen-bond donors (Lipinski definition) is 1. The van der Waals surface area contributed by atoms with Crippen LogP contribution in [0.3, 0.4) is 0 Å². The Morgan fingerprint density at radius 2 is 1.29 bits per heavy atom. The van der Waals surface area contributed by atoms with Crippen molar-refractivity contribution >= 4 is 0 Å². The second kappa shape index (κ2) is 6.45. The molecule has 0 spiro atoms. The third kappa shape index (κ3) is 3.25. The Morgan fingerprint density at radius 3 is 1.62 bits per heavy atom. The van der Waals surface area contributed by atoms with E-state index in [1.54, 1.807) is 0 Å². The van der Waals surface area contributed by atoms with Crippen molar-refractivity contribution in [3.63, 3.8) is 0 Å². The van der Waals surface area contributed by atoms with Crippen molar-refractivity contribution in [1.29, 1.82) is 0 Å². The fraction of sp³-hybridized carbons (Fsp3) is 0.364. The van der Waals surface area contributed by atoms with Crippen LogP contribution in [0.4, 0.5) is 0 Å². The minimum atomic E-state index is 0.236. The van der Waals surface area contributed by atoms with Crippen LogP contribution < -0.4 is 5.32 Å². The highest BCUT2D eigenvalue weighted by atomic mass is 15.3. The Labute approximate surface area is 146 Å². The van der Waals surface area contributed by atoms with Gasteiger partial charge in [-0.3, -0.25) is 5.32 Å². The summed E-state index contributed by atoms with van der Waals surface area (Å²) >= 11 is 0. The fourth-order valence-corrected chi connectivity index (χ4v) is 3.96. The van der Waals surface area contributed by atoms with Crippen molar-refractivity contribution in [2.75, 3.05) is 13.6 Å². The van der Waals surface area contributed by atoms with Crippen molar-refractivity contribution in [3.05, 3.63) is 82.1 Å². The summed E-state index contributed by atoms with van der Waals surface area (Å²) in [5.41, 5.74) is 9.17. The molecule has 1 fully saturated rings. The quantitative estimate of drug-likeness (QED) is 0.900. The van der Waals surface area contributed by atoms with Crippen LogP contribution in [0.5, 0.6) is 0 Å². The maximum atomic E-state index is 4.19. The Hall–Kier alpha value is -2.06. The van der Waals surface area contributed by atoms with E-state index in [0.717, 1.165) is 12.2 Å². The second-order valence-corrected chi connectivity index (χ2v) is 7.32. The van der Waals surface area contributed by atoms with Gasteiger partial charge >= 0.3 is 0 Å². The summed E-state index contributed by atoms with van der Waals surface area (Å²) in [6.07, 6.45) is 0.236. The molecule has 1 atom stereocenters. The Kier molecular flexibility index (Phi) is 4.51. The summed E-state index contributed by atoms with van der Waals surface area (Å²) in [7, 11) is 2.14. The lowest BCUT2D eigenvalue weighted by molar-refractivity contribution is 0.300. The number of nitrogens with one attached hydrogen (secondary N) is 1. The van der Waals surface area contributed by atoms with Crippen molar-refractivity contribution in [3.8, 4) is 0 Å². The molecule has 0 bridgehead atoms. The number of nitrogens with zero attached hydrogens (tertiary/aromatic N) is 1. The van der Waals surface area contributed by atoms with Gasteiger partial charge in [-0.2, -0.15) is 0 Å². The number of likely N-dealkylation sites (N-methyl/N-ethyl adjacent to an activating group) is 1. The molecule has 0 radical (unpaired) electrons. The highest BCUT2D eigenvalue weighted by molar-refractivity contribution is 5.42. The van der Waals surface area contributed by atoms with E-state index in [9.17, 15) is 0 Å². The molecule has 1 heterocycles. The van der Waals surface area contributed by atoms with Crippen molar-refractivity contribution in [1.82, 2.24) is 10.2 Å². The van der Waals surface area contributed by atoms with E-state index in [1.807, 2.05) is 0 Å². The molecule has 1 saturated heterocycles. The van der Waals surface area contributed by atoms with E-state index < -0.39 is 0 Å². The van der Waals surface area contributed by atoms with Crippen LogP contribution in [0.25, 0.3) is 0 Å². The molecule has 126 valence electrons. The van der Waals surface area contributed by atoms with Crippen LogP contribution in [0, 0.1) is 27.7 Å². The van der Waals surface area contributed by atoms with Gasteiger partial charge in [0.25, 0.3) is 0 Å². The van der Waals surface area contributed by atoms with Gasteiger partial charge in [0.05, 0.1) is 6.17 Å². The van der Waals surface area contributed by atoms with Crippen LogP contribution >= 0.6 is 0 Å². The molecule has 1 unspecified atom stereocenters. The summed E-state index contributed by atoms with van der Waals surface area (Å²) in [5, 5.41) is 3.66. The predicted octanol–water partition coefficient (Wildman–Crippen LogP) is 4.43. The molecule has 1 N–H and O–H groups in total. The van der Waals surface area contributed by atoms with Gasteiger partial charge in [0.2, 0.25) is 0 Å². The molecule has 0 amide bonds. The molecule has 1 aliphatic heterocycles. The van der Waals surface area contributed by atoms with E-state index in [1.165, 1.54) is 33.4 Å². The first-order valence-corrected chi connectivity index (χ1v) is 8.65. The largest absolute Gasteiger partial charge is 0.361 e. The van der Waals surface area contributed by atoms with Gasteiger partial charge in [0.1, 0.15) is 0 Å². The molecule has 24 heavy (non-hydrogen) atoms. The standard InChI is InChI=1S/C22H28N2/c1-14-7-15(2)10-19(9-14)21(22-23-13-18(5)24(22)6)20-11-16(3)8-17(4)12-20/h7-12,21-23H,5,13H2,1-4,6H3. The first kappa shape index (κ1) is 16.8. The third-order valence-electron chi connectivity index (χ3n) is 4.95. The molecule has 0 aliphatic carbocycles.